The Morgan fingerprint density at radius 2 is 2.15 bits per heavy atom. The molecule has 1 amide bonds. The average Bonchev–Trinajstić information content (AvgIpc) is 2.71. The molecule has 2 unspecified atom stereocenters. The molecular weight excluding hydrogens is 258 g/mol. The van der Waals surface area contributed by atoms with Crippen molar-refractivity contribution >= 4 is 17.7 Å². The Morgan fingerprint density at radius 3 is 2.75 bits per heavy atom. The van der Waals surface area contributed by atoms with E-state index in [1.54, 1.807) is 0 Å². The second-order valence-electron chi connectivity index (χ2n) is 5.32. The number of carboxylic acids is 1. The highest BCUT2D eigenvalue weighted by atomic mass is 16.4. The van der Waals surface area contributed by atoms with Crippen molar-refractivity contribution in [2.45, 2.75) is 52.0 Å². The molecule has 0 saturated heterocycles. The molecule has 0 radical (unpaired) electrons. The zero-order valence-electron chi connectivity index (χ0n) is 12.1. The van der Waals surface area contributed by atoms with E-state index < -0.39 is 12.0 Å². The molecular formula is C15H23NO4. The molecule has 112 valence electrons. The first kappa shape index (κ1) is 16.4. The highest BCUT2D eigenvalue weighted by Gasteiger charge is 2.35. The van der Waals surface area contributed by atoms with E-state index >= 15 is 0 Å². The smallest absolute Gasteiger partial charge is 0.325 e. The summed E-state index contributed by atoms with van der Waals surface area (Å²) in [5.74, 6) is -1.18. The van der Waals surface area contributed by atoms with Crippen molar-refractivity contribution in [3.63, 3.8) is 0 Å². The first-order chi connectivity index (χ1) is 9.45. The highest BCUT2D eigenvalue weighted by Crippen LogP contribution is 2.34. The third kappa shape index (κ3) is 4.79. The van der Waals surface area contributed by atoms with Gasteiger partial charge in [-0.3, -0.25) is 14.4 Å². The van der Waals surface area contributed by atoms with Crippen LogP contribution in [0.5, 0.6) is 0 Å². The van der Waals surface area contributed by atoms with Gasteiger partial charge in [0.15, 0.2) is 0 Å². The number of ketones is 1. The molecule has 0 spiro atoms. The number of aliphatic carboxylic acids is 1. The Balaban J connectivity index is 2.52. The van der Waals surface area contributed by atoms with E-state index in [1.807, 2.05) is 19.1 Å². The molecule has 5 nitrogen and oxygen atoms in total. The van der Waals surface area contributed by atoms with Gasteiger partial charge in [0.05, 0.1) is 0 Å². The summed E-state index contributed by atoms with van der Waals surface area (Å²) in [6.07, 6.45) is 7.11. The summed E-state index contributed by atoms with van der Waals surface area (Å²) in [7, 11) is 0. The Hall–Kier alpha value is -1.65. The number of carbonyl (C=O) groups excluding carboxylic acids is 2. The van der Waals surface area contributed by atoms with E-state index in [4.69, 9.17) is 5.11 Å². The summed E-state index contributed by atoms with van der Waals surface area (Å²) < 4.78 is 0. The first-order valence-corrected chi connectivity index (χ1v) is 7.15. The van der Waals surface area contributed by atoms with Crippen LogP contribution in [-0.4, -0.2) is 28.8 Å². The van der Waals surface area contributed by atoms with Crippen LogP contribution in [-0.2, 0) is 14.4 Å². The minimum Gasteiger partial charge on any atom is -0.480 e. The van der Waals surface area contributed by atoms with Crippen LogP contribution in [0.1, 0.15) is 46.0 Å². The van der Waals surface area contributed by atoms with Crippen molar-refractivity contribution in [1.29, 1.82) is 0 Å². The van der Waals surface area contributed by atoms with Gasteiger partial charge >= 0.3 is 5.97 Å². The Bertz CT molecular complexity index is 403. The van der Waals surface area contributed by atoms with Gasteiger partial charge in [-0.2, -0.15) is 0 Å². The first-order valence-electron chi connectivity index (χ1n) is 7.15. The number of rotatable bonds is 7. The summed E-state index contributed by atoms with van der Waals surface area (Å²) in [6, 6.07) is -0.891. The van der Waals surface area contributed by atoms with Crippen molar-refractivity contribution in [1.82, 2.24) is 5.32 Å². The summed E-state index contributed by atoms with van der Waals surface area (Å²) in [6.45, 7) is 3.46. The molecule has 5 heteroatoms. The Morgan fingerprint density at radius 1 is 1.45 bits per heavy atom. The van der Waals surface area contributed by atoms with Gasteiger partial charge < -0.3 is 10.4 Å². The molecule has 2 N–H and O–H groups in total. The van der Waals surface area contributed by atoms with E-state index in [0.29, 0.717) is 12.8 Å². The third-order valence-electron chi connectivity index (χ3n) is 3.73. The fourth-order valence-electron chi connectivity index (χ4n) is 2.56. The number of carboxylic acid groups (broad SMARTS) is 1. The molecule has 0 aromatic heterocycles. The predicted molar refractivity (Wildman–Crippen MR) is 75.1 cm³/mol. The zero-order chi connectivity index (χ0) is 15.1. The van der Waals surface area contributed by atoms with E-state index in [1.165, 1.54) is 6.92 Å². The van der Waals surface area contributed by atoms with Gasteiger partial charge in [0, 0.05) is 18.8 Å². The fraction of sp³-hybridized carbons (Fsp3) is 0.667. The minimum atomic E-state index is -1.05. The lowest BCUT2D eigenvalue weighted by molar-refractivity contribution is -0.141. The quantitative estimate of drug-likeness (QED) is 0.698. The fourth-order valence-corrected chi connectivity index (χ4v) is 2.56. The summed E-state index contributed by atoms with van der Waals surface area (Å²) in [5.41, 5.74) is 0. The van der Waals surface area contributed by atoms with Crippen LogP contribution in [0, 0.1) is 11.8 Å². The standard InChI is InChI=1S/C15H23NO4/c1-3-4-5-6-12-11(7-8-13(12)17)9-14(18)16-10(2)15(19)20/h4-5,10-12H,3,6-9H2,1-2H3,(H,16,18)(H,19,20)/b5-4-/t10-,11?,12?/m0/s1. The van der Waals surface area contributed by atoms with Crippen LogP contribution in [0.3, 0.4) is 0 Å². The maximum absolute atomic E-state index is 11.8. The van der Waals surface area contributed by atoms with Crippen molar-refractivity contribution < 1.29 is 19.5 Å². The second kappa shape index (κ2) is 7.82. The molecule has 0 aromatic carbocycles. The van der Waals surface area contributed by atoms with Gasteiger partial charge in [-0.05, 0) is 32.1 Å². The maximum Gasteiger partial charge on any atom is 0.325 e. The van der Waals surface area contributed by atoms with Crippen molar-refractivity contribution in [3.8, 4) is 0 Å². The van der Waals surface area contributed by atoms with Gasteiger partial charge in [0.2, 0.25) is 5.91 Å². The summed E-state index contributed by atoms with van der Waals surface area (Å²) in [4.78, 5) is 34.3. The number of Topliss-reactive ketones (excluding diaryl/α,β-unsaturated/α-hetero) is 1. The number of nitrogens with one attached hydrogen (secondary N) is 1. The molecule has 1 aliphatic carbocycles. The van der Waals surface area contributed by atoms with Crippen LogP contribution in [0.25, 0.3) is 0 Å². The molecule has 20 heavy (non-hydrogen) atoms. The normalized spacial score (nSPS) is 24.0. The molecule has 1 rings (SSSR count). The van der Waals surface area contributed by atoms with Crippen molar-refractivity contribution in [3.05, 3.63) is 12.2 Å². The highest BCUT2D eigenvalue weighted by molar-refractivity contribution is 5.86. The van der Waals surface area contributed by atoms with Crippen LogP contribution in [0.15, 0.2) is 12.2 Å². The van der Waals surface area contributed by atoms with E-state index in [2.05, 4.69) is 5.32 Å². The number of allylic oxidation sites excluding steroid dienone is 2. The number of hydrogen-bond donors (Lipinski definition) is 2. The molecule has 0 heterocycles. The summed E-state index contributed by atoms with van der Waals surface area (Å²) in [5, 5.41) is 11.2. The van der Waals surface area contributed by atoms with E-state index in [-0.39, 0.29) is 29.9 Å². The topological polar surface area (TPSA) is 83.5 Å². The molecule has 3 atom stereocenters. The van der Waals surface area contributed by atoms with E-state index in [9.17, 15) is 14.4 Å². The maximum atomic E-state index is 11.8. The van der Waals surface area contributed by atoms with Gasteiger partial charge in [0.1, 0.15) is 11.8 Å². The van der Waals surface area contributed by atoms with Crippen LogP contribution in [0.2, 0.25) is 0 Å². The van der Waals surface area contributed by atoms with Gasteiger partial charge in [-0.1, -0.05) is 19.1 Å². The predicted octanol–water partition coefficient (Wildman–Crippen LogP) is 1.92. The Labute approximate surface area is 119 Å². The van der Waals surface area contributed by atoms with E-state index in [0.717, 1.165) is 12.8 Å². The average molecular weight is 281 g/mol. The van der Waals surface area contributed by atoms with Crippen LogP contribution >= 0.6 is 0 Å². The number of amides is 1. The largest absolute Gasteiger partial charge is 0.480 e. The van der Waals surface area contributed by atoms with Crippen molar-refractivity contribution in [2.24, 2.45) is 11.8 Å². The van der Waals surface area contributed by atoms with Gasteiger partial charge in [0.25, 0.3) is 0 Å². The lowest BCUT2D eigenvalue weighted by atomic mass is 9.89. The molecule has 1 aliphatic rings. The molecule has 0 aliphatic heterocycles. The Kier molecular flexibility index (Phi) is 6.42. The third-order valence-corrected chi connectivity index (χ3v) is 3.73. The lowest BCUT2D eigenvalue weighted by Crippen LogP contribution is -2.39. The molecule has 0 aromatic rings. The number of carbonyl (C=O) groups is 3. The minimum absolute atomic E-state index is 0.0324. The van der Waals surface area contributed by atoms with Gasteiger partial charge in [-0.25, -0.2) is 0 Å². The lowest BCUT2D eigenvalue weighted by Gasteiger charge is -2.17. The van der Waals surface area contributed by atoms with Crippen LogP contribution in [0.4, 0.5) is 0 Å². The van der Waals surface area contributed by atoms with Crippen molar-refractivity contribution in [2.75, 3.05) is 0 Å². The molecule has 1 fully saturated rings. The molecule has 0 bridgehead atoms. The SMILES string of the molecule is CC/C=C\CC1C(=O)CCC1CC(=O)N[C@@H](C)C(=O)O. The van der Waals surface area contributed by atoms with Gasteiger partial charge in [-0.15, -0.1) is 0 Å². The monoisotopic (exact) mass is 281 g/mol. The summed E-state index contributed by atoms with van der Waals surface area (Å²) >= 11 is 0. The van der Waals surface area contributed by atoms with Crippen LogP contribution < -0.4 is 5.32 Å². The molecule has 1 saturated carbocycles. The second-order valence-corrected chi connectivity index (χ2v) is 5.32. The number of hydrogen-bond acceptors (Lipinski definition) is 3. The zero-order valence-corrected chi connectivity index (χ0v) is 12.1.